The minimum atomic E-state index is -3.55. The molecule has 16 heavy (non-hydrogen) atoms. The average Bonchev–Trinajstić information content (AvgIpc) is 2.19. The highest BCUT2D eigenvalue weighted by molar-refractivity contribution is 7.89. The van der Waals surface area contributed by atoms with Gasteiger partial charge >= 0.3 is 0 Å². The second-order valence-corrected chi connectivity index (χ2v) is 5.94. The molecule has 0 fully saturated rings. The zero-order valence-electron chi connectivity index (χ0n) is 8.63. The van der Waals surface area contributed by atoms with Gasteiger partial charge < -0.3 is 0 Å². The third-order valence-corrected chi connectivity index (χ3v) is 3.90. The lowest BCUT2D eigenvalue weighted by molar-refractivity contribution is 0.584. The first-order valence-corrected chi connectivity index (χ1v) is 6.66. The summed E-state index contributed by atoms with van der Waals surface area (Å²) < 4.78 is 25.9. The Kier molecular flexibility index (Phi) is 4.38. The number of sulfonamides is 1. The standard InChI is InChI=1S/C10H11Cl2NO2S/c1-7(2)6-13-16(14,15)8-3-4-9(11)10(12)5-8/h3-5,13H,1,6H2,2H3. The topological polar surface area (TPSA) is 46.2 Å². The van der Waals surface area contributed by atoms with Gasteiger partial charge in [-0.25, -0.2) is 13.1 Å². The first kappa shape index (κ1) is 13.5. The molecular weight excluding hydrogens is 269 g/mol. The van der Waals surface area contributed by atoms with Crippen molar-refractivity contribution in [3.8, 4) is 0 Å². The molecule has 0 bridgehead atoms. The van der Waals surface area contributed by atoms with E-state index in [0.29, 0.717) is 5.02 Å². The van der Waals surface area contributed by atoms with E-state index in [2.05, 4.69) is 11.3 Å². The van der Waals surface area contributed by atoms with Crippen LogP contribution in [-0.4, -0.2) is 15.0 Å². The molecule has 0 atom stereocenters. The number of hydrogen-bond donors (Lipinski definition) is 1. The minimum Gasteiger partial charge on any atom is -0.207 e. The van der Waals surface area contributed by atoms with Crippen LogP contribution in [0.15, 0.2) is 35.2 Å². The third kappa shape index (κ3) is 3.49. The van der Waals surface area contributed by atoms with Crippen LogP contribution < -0.4 is 4.72 Å². The van der Waals surface area contributed by atoms with Crippen LogP contribution in [0, 0.1) is 0 Å². The van der Waals surface area contributed by atoms with Crippen LogP contribution in [0.3, 0.4) is 0 Å². The van der Waals surface area contributed by atoms with Gasteiger partial charge in [-0.3, -0.25) is 0 Å². The Morgan fingerprint density at radius 1 is 1.38 bits per heavy atom. The zero-order valence-corrected chi connectivity index (χ0v) is 11.0. The molecule has 6 heteroatoms. The summed E-state index contributed by atoms with van der Waals surface area (Å²) in [5, 5.41) is 0.528. The minimum absolute atomic E-state index is 0.0863. The molecule has 1 aromatic carbocycles. The summed E-state index contributed by atoms with van der Waals surface area (Å²) in [5.74, 6) is 0. The summed E-state index contributed by atoms with van der Waals surface area (Å²) in [5.41, 5.74) is 0.726. The van der Waals surface area contributed by atoms with Crippen molar-refractivity contribution in [1.29, 1.82) is 0 Å². The Morgan fingerprint density at radius 2 is 2.00 bits per heavy atom. The molecule has 88 valence electrons. The number of hydrogen-bond acceptors (Lipinski definition) is 2. The molecule has 1 rings (SSSR count). The molecule has 0 heterocycles. The number of rotatable bonds is 4. The Morgan fingerprint density at radius 3 is 2.50 bits per heavy atom. The van der Waals surface area contributed by atoms with Gasteiger partial charge in [0.15, 0.2) is 0 Å². The molecule has 0 aliphatic carbocycles. The monoisotopic (exact) mass is 279 g/mol. The highest BCUT2D eigenvalue weighted by Gasteiger charge is 2.14. The second kappa shape index (κ2) is 5.19. The largest absolute Gasteiger partial charge is 0.240 e. The molecule has 0 saturated carbocycles. The molecule has 1 N–H and O–H groups in total. The first-order valence-electron chi connectivity index (χ1n) is 4.42. The highest BCUT2D eigenvalue weighted by Crippen LogP contribution is 2.24. The van der Waals surface area contributed by atoms with Gasteiger partial charge in [0.2, 0.25) is 10.0 Å². The van der Waals surface area contributed by atoms with Gasteiger partial charge in [0.25, 0.3) is 0 Å². The Balaban J connectivity index is 2.99. The van der Waals surface area contributed by atoms with E-state index in [1.807, 2.05) is 0 Å². The molecule has 0 aromatic heterocycles. The first-order chi connectivity index (χ1) is 7.33. The fourth-order valence-electron chi connectivity index (χ4n) is 0.946. The molecule has 0 aliphatic heterocycles. The molecule has 1 aromatic rings. The van der Waals surface area contributed by atoms with Crippen molar-refractivity contribution in [2.45, 2.75) is 11.8 Å². The zero-order chi connectivity index (χ0) is 12.3. The summed E-state index contributed by atoms with van der Waals surface area (Å²) in [4.78, 5) is 0.0863. The Bertz CT molecular complexity index is 512. The molecule has 0 amide bonds. The molecule has 0 spiro atoms. The van der Waals surface area contributed by atoms with Gasteiger partial charge in [-0.1, -0.05) is 35.4 Å². The van der Waals surface area contributed by atoms with Crippen molar-refractivity contribution in [2.24, 2.45) is 0 Å². The summed E-state index contributed by atoms with van der Waals surface area (Å²) in [6, 6.07) is 4.15. The molecule has 0 aliphatic rings. The van der Waals surface area contributed by atoms with Crippen LogP contribution in [0.1, 0.15) is 6.92 Å². The van der Waals surface area contributed by atoms with Gasteiger partial charge in [-0.2, -0.15) is 0 Å². The fourth-order valence-corrected chi connectivity index (χ4v) is 2.43. The normalized spacial score (nSPS) is 11.4. The summed E-state index contributed by atoms with van der Waals surface area (Å²) in [6.45, 7) is 5.54. The van der Waals surface area contributed by atoms with E-state index in [1.165, 1.54) is 18.2 Å². The lowest BCUT2D eigenvalue weighted by Crippen LogP contribution is -2.25. The summed E-state index contributed by atoms with van der Waals surface area (Å²) >= 11 is 11.4. The molecule has 0 radical (unpaired) electrons. The van der Waals surface area contributed by atoms with E-state index in [4.69, 9.17) is 23.2 Å². The van der Waals surface area contributed by atoms with E-state index in [9.17, 15) is 8.42 Å². The van der Waals surface area contributed by atoms with Gasteiger partial charge in [0.1, 0.15) is 0 Å². The van der Waals surface area contributed by atoms with E-state index >= 15 is 0 Å². The van der Waals surface area contributed by atoms with Crippen LogP contribution in [0.2, 0.25) is 10.0 Å². The van der Waals surface area contributed by atoms with Gasteiger partial charge in [0.05, 0.1) is 14.9 Å². The smallest absolute Gasteiger partial charge is 0.207 e. The number of nitrogens with one attached hydrogen (secondary N) is 1. The van der Waals surface area contributed by atoms with Crippen molar-refractivity contribution in [3.05, 3.63) is 40.4 Å². The van der Waals surface area contributed by atoms with E-state index < -0.39 is 10.0 Å². The lowest BCUT2D eigenvalue weighted by Gasteiger charge is -2.07. The van der Waals surface area contributed by atoms with E-state index in [-0.39, 0.29) is 16.5 Å². The molecule has 0 unspecified atom stereocenters. The maximum absolute atomic E-state index is 11.7. The predicted molar refractivity (Wildman–Crippen MR) is 66.5 cm³/mol. The maximum atomic E-state index is 11.7. The van der Waals surface area contributed by atoms with E-state index in [0.717, 1.165) is 5.57 Å². The highest BCUT2D eigenvalue weighted by atomic mass is 35.5. The van der Waals surface area contributed by atoms with Crippen LogP contribution in [0.25, 0.3) is 0 Å². The van der Waals surface area contributed by atoms with Crippen LogP contribution in [-0.2, 0) is 10.0 Å². The van der Waals surface area contributed by atoms with Gasteiger partial charge in [-0.05, 0) is 25.1 Å². The fraction of sp³-hybridized carbons (Fsp3) is 0.200. The lowest BCUT2D eigenvalue weighted by atomic mass is 10.4. The van der Waals surface area contributed by atoms with Crippen molar-refractivity contribution >= 4 is 33.2 Å². The summed E-state index contributed by atoms with van der Waals surface area (Å²) in [6.07, 6.45) is 0. The van der Waals surface area contributed by atoms with Gasteiger partial charge in [-0.15, -0.1) is 0 Å². The van der Waals surface area contributed by atoms with Crippen LogP contribution in [0.5, 0.6) is 0 Å². The Hall–Kier alpha value is -0.550. The SMILES string of the molecule is C=C(C)CNS(=O)(=O)c1ccc(Cl)c(Cl)c1. The predicted octanol–water partition coefficient (Wildman–Crippen LogP) is 2.85. The van der Waals surface area contributed by atoms with Crippen molar-refractivity contribution < 1.29 is 8.42 Å². The van der Waals surface area contributed by atoms with Gasteiger partial charge in [0, 0.05) is 6.54 Å². The molecule has 0 saturated heterocycles. The van der Waals surface area contributed by atoms with Crippen LogP contribution >= 0.6 is 23.2 Å². The number of halogens is 2. The van der Waals surface area contributed by atoms with Crippen molar-refractivity contribution in [2.75, 3.05) is 6.54 Å². The van der Waals surface area contributed by atoms with Crippen LogP contribution in [0.4, 0.5) is 0 Å². The van der Waals surface area contributed by atoms with E-state index in [1.54, 1.807) is 6.92 Å². The maximum Gasteiger partial charge on any atom is 0.240 e. The quantitative estimate of drug-likeness (QED) is 0.862. The second-order valence-electron chi connectivity index (χ2n) is 3.36. The van der Waals surface area contributed by atoms with Crippen molar-refractivity contribution in [3.63, 3.8) is 0 Å². The summed E-state index contributed by atoms with van der Waals surface area (Å²) in [7, 11) is -3.55. The third-order valence-electron chi connectivity index (χ3n) is 1.77. The Labute approximate surface area is 105 Å². The average molecular weight is 280 g/mol. The number of benzene rings is 1. The molecule has 3 nitrogen and oxygen atoms in total. The van der Waals surface area contributed by atoms with Crippen molar-refractivity contribution in [1.82, 2.24) is 4.72 Å². The molecular formula is C10H11Cl2NO2S.